The molecule has 0 amide bonds. The highest BCUT2D eigenvalue weighted by atomic mass is 79.9. The van der Waals surface area contributed by atoms with E-state index in [2.05, 4.69) is 15.9 Å². The molecular formula is C8H7BrFN. The third-order valence-electron chi connectivity index (χ3n) is 1.39. The van der Waals surface area contributed by atoms with Crippen molar-refractivity contribution in [1.29, 1.82) is 5.41 Å². The quantitative estimate of drug-likeness (QED) is 0.580. The lowest BCUT2D eigenvalue weighted by atomic mass is 10.1. The first kappa shape index (κ1) is 8.40. The summed E-state index contributed by atoms with van der Waals surface area (Å²) in [6, 6.07) is 4.74. The Bertz CT molecular complexity index is 273. The van der Waals surface area contributed by atoms with Crippen LogP contribution >= 0.6 is 15.9 Å². The van der Waals surface area contributed by atoms with Crippen molar-refractivity contribution in [3.05, 3.63) is 35.1 Å². The summed E-state index contributed by atoms with van der Waals surface area (Å²) in [7, 11) is 0. The number of benzene rings is 1. The van der Waals surface area contributed by atoms with Crippen molar-refractivity contribution >= 4 is 22.1 Å². The molecule has 1 aromatic rings. The highest BCUT2D eigenvalue weighted by Crippen LogP contribution is 2.11. The highest BCUT2D eigenvalue weighted by Gasteiger charge is 1.99. The predicted molar refractivity (Wildman–Crippen MR) is 46.9 cm³/mol. The van der Waals surface area contributed by atoms with Gasteiger partial charge in [-0.05, 0) is 17.2 Å². The Morgan fingerprint density at radius 2 is 2.27 bits per heavy atom. The minimum Gasteiger partial charge on any atom is -0.308 e. The van der Waals surface area contributed by atoms with Gasteiger partial charge in [0.2, 0.25) is 0 Å². The summed E-state index contributed by atoms with van der Waals surface area (Å²) >= 11 is 3.16. The topological polar surface area (TPSA) is 23.9 Å². The Kier molecular flexibility index (Phi) is 2.76. The maximum Gasteiger partial charge on any atom is 0.127 e. The molecular weight excluding hydrogens is 209 g/mol. The highest BCUT2D eigenvalue weighted by molar-refractivity contribution is 9.08. The maximum atomic E-state index is 12.9. The minimum absolute atomic E-state index is 0.261. The Balaban J connectivity index is 3.09. The van der Waals surface area contributed by atoms with Gasteiger partial charge in [0.1, 0.15) is 5.82 Å². The van der Waals surface area contributed by atoms with Crippen LogP contribution in [0.1, 0.15) is 11.1 Å². The monoisotopic (exact) mass is 215 g/mol. The molecule has 0 atom stereocenters. The van der Waals surface area contributed by atoms with Gasteiger partial charge >= 0.3 is 0 Å². The van der Waals surface area contributed by atoms with Crippen molar-refractivity contribution in [2.75, 3.05) is 0 Å². The Labute approximate surface area is 72.9 Å². The van der Waals surface area contributed by atoms with Crippen molar-refractivity contribution in [3.63, 3.8) is 0 Å². The summed E-state index contributed by atoms with van der Waals surface area (Å²) in [6.45, 7) is 0. The number of hydrogen-bond acceptors (Lipinski definition) is 1. The van der Waals surface area contributed by atoms with Gasteiger partial charge < -0.3 is 5.41 Å². The molecule has 0 fully saturated rings. The average Bonchev–Trinajstić information content (AvgIpc) is 2.04. The van der Waals surface area contributed by atoms with E-state index in [1.54, 1.807) is 12.1 Å². The fraction of sp³-hybridized carbons (Fsp3) is 0.125. The van der Waals surface area contributed by atoms with E-state index in [4.69, 9.17) is 5.41 Å². The van der Waals surface area contributed by atoms with Gasteiger partial charge in [0.15, 0.2) is 0 Å². The molecule has 0 aliphatic heterocycles. The normalized spacial score (nSPS) is 9.64. The van der Waals surface area contributed by atoms with Crippen LogP contribution in [0.3, 0.4) is 0 Å². The molecule has 58 valence electrons. The van der Waals surface area contributed by atoms with Crippen molar-refractivity contribution in [2.24, 2.45) is 0 Å². The molecule has 0 aliphatic rings. The number of halogens is 2. The molecule has 0 saturated heterocycles. The summed E-state index contributed by atoms with van der Waals surface area (Å²) in [6.07, 6.45) is 1.13. The van der Waals surface area contributed by atoms with Gasteiger partial charge in [-0.25, -0.2) is 4.39 Å². The molecule has 1 nitrogen and oxygen atoms in total. The van der Waals surface area contributed by atoms with E-state index < -0.39 is 0 Å². The van der Waals surface area contributed by atoms with E-state index in [0.717, 1.165) is 6.21 Å². The van der Waals surface area contributed by atoms with E-state index in [9.17, 15) is 4.39 Å². The van der Waals surface area contributed by atoms with Gasteiger partial charge in [0, 0.05) is 11.5 Å². The molecule has 1 rings (SSSR count). The van der Waals surface area contributed by atoms with E-state index in [1.165, 1.54) is 6.07 Å². The van der Waals surface area contributed by atoms with Gasteiger partial charge in [-0.15, -0.1) is 0 Å². The van der Waals surface area contributed by atoms with Gasteiger partial charge in [-0.3, -0.25) is 0 Å². The van der Waals surface area contributed by atoms with Crippen LogP contribution in [0, 0.1) is 11.2 Å². The average molecular weight is 216 g/mol. The van der Waals surface area contributed by atoms with Crippen molar-refractivity contribution in [3.8, 4) is 0 Å². The van der Waals surface area contributed by atoms with Gasteiger partial charge in [-0.1, -0.05) is 28.1 Å². The SMILES string of the molecule is N=Cc1ccc(CBr)c(F)c1. The molecule has 0 spiro atoms. The van der Waals surface area contributed by atoms with Crippen LogP contribution in [0.15, 0.2) is 18.2 Å². The largest absolute Gasteiger partial charge is 0.308 e. The first-order valence-corrected chi connectivity index (χ1v) is 4.25. The molecule has 0 saturated carbocycles. The fourth-order valence-electron chi connectivity index (χ4n) is 0.762. The Hall–Kier alpha value is -0.700. The Morgan fingerprint density at radius 1 is 1.55 bits per heavy atom. The molecule has 0 bridgehead atoms. The number of rotatable bonds is 2. The third kappa shape index (κ3) is 1.87. The van der Waals surface area contributed by atoms with E-state index in [1.807, 2.05) is 0 Å². The molecule has 3 heteroatoms. The molecule has 11 heavy (non-hydrogen) atoms. The molecule has 0 heterocycles. The lowest BCUT2D eigenvalue weighted by Crippen LogP contribution is -1.88. The van der Waals surface area contributed by atoms with Gasteiger partial charge in [0.25, 0.3) is 0 Å². The summed E-state index contributed by atoms with van der Waals surface area (Å²) in [5.41, 5.74) is 1.21. The smallest absolute Gasteiger partial charge is 0.127 e. The van der Waals surface area contributed by atoms with E-state index in [0.29, 0.717) is 16.5 Å². The minimum atomic E-state index is -0.261. The number of alkyl halides is 1. The van der Waals surface area contributed by atoms with Crippen LogP contribution in [0.25, 0.3) is 0 Å². The van der Waals surface area contributed by atoms with Crippen molar-refractivity contribution < 1.29 is 4.39 Å². The van der Waals surface area contributed by atoms with Gasteiger partial charge in [-0.2, -0.15) is 0 Å². The van der Waals surface area contributed by atoms with Crippen molar-refractivity contribution in [1.82, 2.24) is 0 Å². The maximum absolute atomic E-state index is 12.9. The second-order valence-electron chi connectivity index (χ2n) is 2.13. The lowest BCUT2D eigenvalue weighted by molar-refractivity contribution is 0.617. The summed E-state index contributed by atoms with van der Waals surface area (Å²) < 4.78 is 12.9. The van der Waals surface area contributed by atoms with Crippen LogP contribution in [0.2, 0.25) is 0 Å². The fourth-order valence-corrected chi connectivity index (χ4v) is 1.22. The number of hydrogen-bond donors (Lipinski definition) is 1. The lowest BCUT2D eigenvalue weighted by Gasteiger charge is -1.98. The molecule has 0 aliphatic carbocycles. The zero-order chi connectivity index (χ0) is 8.27. The first-order chi connectivity index (χ1) is 5.27. The zero-order valence-corrected chi connectivity index (χ0v) is 7.36. The van der Waals surface area contributed by atoms with Crippen LogP contribution in [0.4, 0.5) is 4.39 Å². The summed E-state index contributed by atoms with van der Waals surface area (Å²) in [5.74, 6) is -0.261. The molecule has 0 radical (unpaired) electrons. The van der Waals surface area contributed by atoms with Crippen LogP contribution < -0.4 is 0 Å². The van der Waals surface area contributed by atoms with Crippen LogP contribution in [-0.4, -0.2) is 6.21 Å². The summed E-state index contributed by atoms with van der Waals surface area (Å²) in [4.78, 5) is 0. The standard InChI is InChI=1S/C8H7BrFN/c9-4-7-2-1-6(5-11)3-8(7)10/h1-3,5,11H,4H2. The van der Waals surface area contributed by atoms with E-state index >= 15 is 0 Å². The van der Waals surface area contributed by atoms with E-state index in [-0.39, 0.29) is 5.82 Å². The number of nitrogens with one attached hydrogen (secondary N) is 1. The van der Waals surface area contributed by atoms with Crippen molar-refractivity contribution in [2.45, 2.75) is 5.33 Å². The molecule has 1 N–H and O–H groups in total. The zero-order valence-electron chi connectivity index (χ0n) is 5.77. The van der Waals surface area contributed by atoms with Gasteiger partial charge in [0.05, 0.1) is 0 Å². The predicted octanol–water partition coefficient (Wildman–Crippen LogP) is 2.72. The van der Waals surface area contributed by atoms with Crippen LogP contribution in [-0.2, 0) is 5.33 Å². The molecule has 0 aromatic heterocycles. The summed E-state index contributed by atoms with van der Waals surface area (Å²) in [5, 5.41) is 7.38. The molecule has 1 aromatic carbocycles. The Morgan fingerprint density at radius 3 is 2.73 bits per heavy atom. The third-order valence-corrected chi connectivity index (χ3v) is 1.99. The molecule has 0 unspecified atom stereocenters. The first-order valence-electron chi connectivity index (χ1n) is 3.13. The van der Waals surface area contributed by atoms with Crippen LogP contribution in [0.5, 0.6) is 0 Å². The second kappa shape index (κ2) is 3.62. The second-order valence-corrected chi connectivity index (χ2v) is 2.69.